The van der Waals surface area contributed by atoms with Gasteiger partial charge in [0, 0.05) is 14.2 Å². The van der Waals surface area contributed by atoms with E-state index in [1.54, 1.807) is 11.3 Å². The Hall–Kier alpha value is -0.640. The first kappa shape index (κ1) is 14.8. The normalized spacial score (nSPS) is 13.6. The lowest BCUT2D eigenvalue weighted by atomic mass is 9.86. The first-order valence-electron chi connectivity index (χ1n) is 6.41. The number of halogens is 1. The van der Waals surface area contributed by atoms with E-state index in [0.717, 1.165) is 4.47 Å². The number of rotatable bonds is 2. The molecule has 19 heavy (non-hydrogen) atoms. The summed E-state index contributed by atoms with van der Waals surface area (Å²) in [5.41, 5.74) is 9.04. The van der Waals surface area contributed by atoms with Crippen molar-refractivity contribution in [2.45, 2.75) is 39.2 Å². The fourth-order valence-electron chi connectivity index (χ4n) is 1.99. The Morgan fingerprint density at radius 1 is 1.16 bits per heavy atom. The molecule has 0 spiro atoms. The summed E-state index contributed by atoms with van der Waals surface area (Å²) in [6.45, 7) is 8.78. The topological polar surface area (TPSA) is 26.0 Å². The van der Waals surface area contributed by atoms with Crippen LogP contribution in [0.15, 0.2) is 34.8 Å². The first-order chi connectivity index (χ1) is 8.79. The molecule has 2 aromatic rings. The van der Waals surface area contributed by atoms with Gasteiger partial charge in [0.05, 0.1) is 6.04 Å². The molecule has 1 atom stereocenters. The molecule has 0 aliphatic rings. The lowest BCUT2D eigenvalue weighted by Crippen LogP contribution is -2.13. The Morgan fingerprint density at radius 3 is 2.16 bits per heavy atom. The quantitative estimate of drug-likeness (QED) is 0.804. The van der Waals surface area contributed by atoms with Crippen molar-refractivity contribution in [2.75, 3.05) is 0 Å². The van der Waals surface area contributed by atoms with Gasteiger partial charge in [-0.3, -0.25) is 0 Å². The zero-order valence-electron chi connectivity index (χ0n) is 11.8. The fraction of sp³-hybridized carbons (Fsp3) is 0.375. The van der Waals surface area contributed by atoms with Crippen LogP contribution in [0.4, 0.5) is 0 Å². The second-order valence-corrected chi connectivity index (χ2v) is 8.04. The third-order valence-electron chi connectivity index (χ3n) is 3.32. The number of aryl methyl sites for hydroxylation is 1. The molecule has 2 rings (SSSR count). The second-order valence-electron chi connectivity index (χ2n) is 5.90. The minimum absolute atomic E-state index is 0.0379. The van der Waals surface area contributed by atoms with E-state index in [1.807, 2.05) is 0 Å². The molecule has 102 valence electrons. The summed E-state index contributed by atoms with van der Waals surface area (Å²) >= 11 is 5.30. The largest absolute Gasteiger partial charge is 0.320 e. The highest BCUT2D eigenvalue weighted by Crippen LogP contribution is 2.33. The van der Waals surface area contributed by atoms with Crippen molar-refractivity contribution in [3.63, 3.8) is 0 Å². The van der Waals surface area contributed by atoms with Gasteiger partial charge in [0.1, 0.15) is 0 Å². The van der Waals surface area contributed by atoms with Crippen molar-refractivity contribution in [2.24, 2.45) is 5.73 Å². The maximum Gasteiger partial charge on any atom is 0.0646 e. The summed E-state index contributed by atoms with van der Waals surface area (Å²) < 4.78 is 1.15. The zero-order chi connectivity index (χ0) is 14.2. The van der Waals surface area contributed by atoms with Crippen molar-refractivity contribution >= 4 is 27.3 Å². The molecule has 0 aliphatic heterocycles. The Labute approximate surface area is 128 Å². The van der Waals surface area contributed by atoms with E-state index in [9.17, 15) is 0 Å². The van der Waals surface area contributed by atoms with Gasteiger partial charge in [-0.15, -0.1) is 11.3 Å². The van der Waals surface area contributed by atoms with E-state index in [1.165, 1.54) is 20.9 Å². The number of nitrogens with two attached hydrogens (primary N) is 1. The predicted molar refractivity (Wildman–Crippen MR) is 87.9 cm³/mol. The summed E-state index contributed by atoms with van der Waals surface area (Å²) in [6, 6.07) is 10.8. The Bertz CT molecular complexity index is 544. The number of benzene rings is 1. The standard InChI is InChI=1S/C16H20BrNS/c1-10-13(17)9-14(19-10)15(18)11-5-7-12(8-6-11)16(2,3)4/h5-9,15H,18H2,1-4H3. The van der Waals surface area contributed by atoms with Crippen molar-refractivity contribution < 1.29 is 0 Å². The minimum Gasteiger partial charge on any atom is -0.320 e. The van der Waals surface area contributed by atoms with Gasteiger partial charge < -0.3 is 5.73 Å². The van der Waals surface area contributed by atoms with Crippen LogP contribution >= 0.6 is 27.3 Å². The summed E-state index contributed by atoms with van der Waals surface area (Å²) in [5.74, 6) is 0. The third-order valence-corrected chi connectivity index (χ3v) is 5.54. The van der Waals surface area contributed by atoms with Crippen LogP contribution in [-0.4, -0.2) is 0 Å². The van der Waals surface area contributed by atoms with Crippen LogP contribution in [0.5, 0.6) is 0 Å². The minimum atomic E-state index is -0.0379. The van der Waals surface area contributed by atoms with Gasteiger partial charge in [-0.25, -0.2) is 0 Å². The van der Waals surface area contributed by atoms with E-state index in [-0.39, 0.29) is 11.5 Å². The second kappa shape index (κ2) is 5.39. The molecule has 3 heteroatoms. The van der Waals surface area contributed by atoms with Crippen molar-refractivity contribution in [1.29, 1.82) is 0 Å². The SMILES string of the molecule is Cc1sc(C(N)c2ccc(C(C)(C)C)cc2)cc1Br. The van der Waals surface area contributed by atoms with Crippen LogP contribution < -0.4 is 5.73 Å². The lowest BCUT2D eigenvalue weighted by Gasteiger charge is -2.20. The van der Waals surface area contributed by atoms with E-state index in [4.69, 9.17) is 5.73 Å². The number of hydrogen-bond acceptors (Lipinski definition) is 2. The van der Waals surface area contributed by atoms with Crippen LogP contribution in [-0.2, 0) is 5.41 Å². The van der Waals surface area contributed by atoms with Gasteiger partial charge >= 0.3 is 0 Å². The first-order valence-corrected chi connectivity index (χ1v) is 8.02. The Kier molecular flexibility index (Phi) is 4.19. The van der Waals surface area contributed by atoms with Crippen molar-refractivity contribution in [3.05, 3.63) is 55.7 Å². The molecule has 0 amide bonds. The molecule has 0 saturated heterocycles. The maximum atomic E-state index is 6.35. The number of hydrogen-bond donors (Lipinski definition) is 1. The van der Waals surface area contributed by atoms with Gasteiger partial charge in [-0.1, -0.05) is 45.0 Å². The molecular weight excluding hydrogens is 318 g/mol. The summed E-state index contributed by atoms with van der Waals surface area (Å²) in [4.78, 5) is 2.48. The molecule has 0 fully saturated rings. The van der Waals surface area contributed by atoms with Gasteiger partial charge in [0.15, 0.2) is 0 Å². The van der Waals surface area contributed by atoms with Gasteiger partial charge in [-0.2, -0.15) is 0 Å². The Balaban J connectivity index is 2.27. The molecule has 2 N–H and O–H groups in total. The third kappa shape index (κ3) is 3.28. The molecule has 1 aromatic carbocycles. The highest BCUT2D eigenvalue weighted by atomic mass is 79.9. The monoisotopic (exact) mass is 337 g/mol. The summed E-state index contributed by atoms with van der Waals surface area (Å²) in [6.07, 6.45) is 0. The maximum absolute atomic E-state index is 6.35. The van der Waals surface area contributed by atoms with Crippen molar-refractivity contribution in [1.82, 2.24) is 0 Å². The van der Waals surface area contributed by atoms with Crippen LogP contribution in [0.3, 0.4) is 0 Å². The molecule has 1 nitrogen and oxygen atoms in total. The van der Waals surface area contributed by atoms with E-state index >= 15 is 0 Å². The summed E-state index contributed by atoms with van der Waals surface area (Å²) in [7, 11) is 0. The van der Waals surface area contributed by atoms with E-state index < -0.39 is 0 Å². The highest BCUT2D eigenvalue weighted by molar-refractivity contribution is 9.10. The zero-order valence-corrected chi connectivity index (χ0v) is 14.2. The van der Waals surface area contributed by atoms with E-state index in [0.29, 0.717) is 0 Å². The van der Waals surface area contributed by atoms with Crippen LogP contribution in [0.25, 0.3) is 0 Å². The molecule has 0 bridgehead atoms. The lowest BCUT2D eigenvalue weighted by molar-refractivity contribution is 0.590. The van der Waals surface area contributed by atoms with Crippen LogP contribution in [0.2, 0.25) is 0 Å². The molecule has 0 aliphatic carbocycles. The average molecular weight is 338 g/mol. The molecule has 1 heterocycles. The van der Waals surface area contributed by atoms with Gasteiger partial charge in [0.2, 0.25) is 0 Å². The van der Waals surface area contributed by atoms with Crippen molar-refractivity contribution in [3.8, 4) is 0 Å². The smallest absolute Gasteiger partial charge is 0.0646 e. The molecular formula is C16H20BrNS. The molecule has 0 saturated carbocycles. The Morgan fingerprint density at radius 2 is 1.74 bits per heavy atom. The number of thiophene rings is 1. The predicted octanol–water partition coefficient (Wildman–Crippen LogP) is 5.16. The fourth-order valence-corrected chi connectivity index (χ4v) is 3.58. The van der Waals surface area contributed by atoms with Crippen LogP contribution in [0, 0.1) is 6.92 Å². The summed E-state index contributed by atoms with van der Waals surface area (Å²) in [5, 5.41) is 0. The molecule has 1 unspecified atom stereocenters. The highest BCUT2D eigenvalue weighted by Gasteiger charge is 2.16. The molecule has 0 radical (unpaired) electrons. The van der Waals surface area contributed by atoms with Crippen LogP contribution in [0.1, 0.15) is 47.7 Å². The molecule has 1 aromatic heterocycles. The average Bonchev–Trinajstić information content (AvgIpc) is 2.68. The van der Waals surface area contributed by atoms with E-state index in [2.05, 4.69) is 74.0 Å². The van der Waals surface area contributed by atoms with Gasteiger partial charge in [0.25, 0.3) is 0 Å². The van der Waals surface area contributed by atoms with Gasteiger partial charge in [-0.05, 0) is 45.5 Å².